The van der Waals surface area contributed by atoms with Crippen LogP contribution in [0.4, 0.5) is 5.69 Å². The lowest BCUT2D eigenvalue weighted by Crippen LogP contribution is -2.31. The molecule has 1 saturated carbocycles. The van der Waals surface area contributed by atoms with Crippen molar-refractivity contribution in [1.82, 2.24) is 5.32 Å². The van der Waals surface area contributed by atoms with Crippen molar-refractivity contribution in [2.75, 3.05) is 31.7 Å². The zero-order valence-electron chi connectivity index (χ0n) is 18.5. The number of amides is 1. The Hall–Kier alpha value is -2.73. The number of methoxy groups -OCH3 is 1. The van der Waals surface area contributed by atoms with E-state index in [0.717, 1.165) is 48.4 Å². The van der Waals surface area contributed by atoms with Crippen molar-refractivity contribution in [3.8, 4) is 11.5 Å². The number of nitrogens with one attached hydrogen (secondary N) is 1. The number of carbonyl (C=O) groups excluding carboxylic acids is 1. The fourth-order valence-corrected chi connectivity index (χ4v) is 3.94. The summed E-state index contributed by atoms with van der Waals surface area (Å²) in [5.74, 6) is 2.45. The Morgan fingerprint density at radius 3 is 2.29 bits per heavy atom. The summed E-state index contributed by atoms with van der Waals surface area (Å²) in [4.78, 5) is 13.5. The fraction of sp³-hybridized carbons (Fsp3) is 0.480. The van der Waals surface area contributed by atoms with Crippen molar-refractivity contribution >= 4 is 11.6 Å². The highest BCUT2D eigenvalue weighted by molar-refractivity contribution is 5.73. The van der Waals surface area contributed by atoms with E-state index in [1.165, 1.54) is 19.8 Å². The van der Waals surface area contributed by atoms with Crippen LogP contribution in [0.15, 0.2) is 48.5 Å². The van der Waals surface area contributed by atoms with E-state index < -0.39 is 0 Å². The summed E-state index contributed by atoms with van der Waals surface area (Å²) in [6, 6.07) is 16.2. The van der Waals surface area contributed by atoms with Crippen molar-refractivity contribution in [3.05, 3.63) is 54.1 Å². The average Bonchev–Trinajstić information content (AvgIpc) is 3.51. The van der Waals surface area contributed by atoms with E-state index >= 15 is 0 Å². The number of benzene rings is 2. The summed E-state index contributed by atoms with van der Waals surface area (Å²) in [7, 11) is 1.73. The first-order valence-corrected chi connectivity index (χ1v) is 11.1. The molecule has 31 heavy (non-hydrogen) atoms. The van der Waals surface area contributed by atoms with Crippen LogP contribution in [0.25, 0.3) is 0 Å². The van der Waals surface area contributed by atoms with Gasteiger partial charge in [-0.15, -0.1) is 0 Å². The third-order valence-corrected chi connectivity index (χ3v) is 5.99. The molecule has 3 unspecified atom stereocenters. The topological polar surface area (TPSA) is 60.0 Å². The van der Waals surface area contributed by atoms with Crippen LogP contribution >= 0.6 is 0 Å². The number of carbonyl (C=O) groups is 1. The predicted octanol–water partition coefficient (Wildman–Crippen LogP) is 3.96. The largest absolute Gasteiger partial charge is 0.493 e. The van der Waals surface area contributed by atoms with E-state index in [9.17, 15) is 4.79 Å². The Morgan fingerprint density at radius 2 is 1.68 bits per heavy atom. The Labute approximate surface area is 184 Å². The third-order valence-electron chi connectivity index (χ3n) is 5.99. The van der Waals surface area contributed by atoms with Crippen LogP contribution in [-0.2, 0) is 9.53 Å². The van der Waals surface area contributed by atoms with Gasteiger partial charge in [-0.05, 0) is 67.6 Å². The molecule has 1 heterocycles. The van der Waals surface area contributed by atoms with Crippen molar-refractivity contribution in [2.24, 2.45) is 5.92 Å². The average molecular weight is 425 g/mol. The lowest BCUT2D eigenvalue weighted by Gasteiger charge is -2.20. The highest BCUT2D eigenvalue weighted by Crippen LogP contribution is 2.31. The molecule has 6 nitrogen and oxygen atoms in total. The molecule has 4 rings (SSSR count). The summed E-state index contributed by atoms with van der Waals surface area (Å²) in [6.45, 7) is 5.85. The van der Waals surface area contributed by atoms with Gasteiger partial charge in [-0.3, -0.25) is 4.79 Å². The van der Waals surface area contributed by atoms with Crippen LogP contribution < -0.4 is 19.7 Å². The zero-order valence-corrected chi connectivity index (χ0v) is 18.5. The van der Waals surface area contributed by atoms with Crippen molar-refractivity contribution in [1.29, 1.82) is 0 Å². The molecule has 2 aliphatic rings. The second kappa shape index (κ2) is 9.60. The molecule has 1 N–H and O–H groups in total. The van der Waals surface area contributed by atoms with Gasteiger partial charge in [0, 0.05) is 26.3 Å². The molecule has 0 bridgehead atoms. The van der Waals surface area contributed by atoms with E-state index in [-0.39, 0.29) is 24.2 Å². The van der Waals surface area contributed by atoms with Gasteiger partial charge < -0.3 is 24.4 Å². The van der Waals surface area contributed by atoms with Crippen LogP contribution in [0.2, 0.25) is 0 Å². The Kier molecular flexibility index (Phi) is 6.66. The van der Waals surface area contributed by atoms with Gasteiger partial charge >= 0.3 is 0 Å². The molecule has 6 heteroatoms. The van der Waals surface area contributed by atoms with Crippen molar-refractivity contribution < 1.29 is 19.0 Å². The molecule has 1 aliphatic carbocycles. The van der Waals surface area contributed by atoms with Gasteiger partial charge in [0.15, 0.2) is 0 Å². The van der Waals surface area contributed by atoms with Gasteiger partial charge in [0.2, 0.25) is 5.91 Å². The van der Waals surface area contributed by atoms with Crippen molar-refractivity contribution in [2.45, 2.75) is 44.9 Å². The van der Waals surface area contributed by atoms with E-state index in [1.54, 1.807) is 7.11 Å². The number of ether oxygens (including phenoxy) is 3. The predicted molar refractivity (Wildman–Crippen MR) is 121 cm³/mol. The highest BCUT2D eigenvalue weighted by atomic mass is 16.5. The maximum absolute atomic E-state index is 11.3. The number of rotatable bonds is 9. The standard InChI is InChI=1S/C25H32N2O4/c1-17(26-18(2)28)20-6-10-23(11-7-20)31-25-15-27(14-24(25)29-3)21-8-12-22(13-9-21)30-16-19-4-5-19/h6-13,17,19,24-25H,4-5,14-16H2,1-3H3,(H,26,28). The van der Waals surface area contributed by atoms with E-state index in [0.29, 0.717) is 0 Å². The Balaban J connectivity index is 1.35. The molecule has 1 aliphatic heterocycles. The SMILES string of the molecule is COC1CN(c2ccc(OCC3CC3)cc2)CC1Oc1ccc(C(C)NC(C)=O)cc1. The smallest absolute Gasteiger partial charge is 0.217 e. The van der Waals surface area contributed by atoms with Crippen LogP contribution in [-0.4, -0.2) is 44.9 Å². The minimum absolute atomic E-state index is 0.0104. The molecular weight excluding hydrogens is 392 g/mol. The Morgan fingerprint density at radius 1 is 1.03 bits per heavy atom. The molecule has 0 aromatic heterocycles. The van der Waals surface area contributed by atoms with Gasteiger partial charge in [-0.2, -0.15) is 0 Å². The van der Waals surface area contributed by atoms with E-state index in [1.807, 2.05) is 43.3 Å². The summed E-state index contributed by atoms with van der Waals surface area (Å²) in [5.41, 5.74) is 2.19. The molecule has 3 atom stereocenters. The molecule has 0 spiro atoms. The summed E-state index contributed by atoms with van der Waals surface area (Å²) < 4.78 is 17.8. The lowest BCUT2D eigenvalue weighted by molar-refractivity contribution is -0.119. The maximum Gasteiger partial charge on any atom is 0.217 e. The highest BCUT2D eigenvalue weighted by Gasteiger charge is 2.35. The third kappa shape index (κ3) is 5.70. The molecule has 1 amide bonds. The second-order valence-corrected chi connectivity index (χ2v) is 8.57. The minimum Gasteiger partial charge on any atom is -0.493 e. The molecule has 2 aromatic carbocycles. The summed E-state index contributed by atoms with van der Waals surface area (Å²) >= 11 is 0. The molecule has 1 saturated heterocycles. The number of hydrogen-bond acceptors (Lipinski definition) is 5. The summed E-state index contributed by atoms with van der Waals surface area (Å²) in [6.07, 6.45) is 2.52. The van der Waals surface area contributed by atoms with Crippen LogP contribution in [0.5, 0.6) is 11.5 Å². The fourth-order valence-electron chi connectivity index (χ4n) is 3.94. The lowest BCUT2D eigenvalue weighted by atomic mass is 10.1. The zero-order chi connectivity index (χ0) is 21.8. The first kappa shape index (κ1) is 21.5. The van der Waals surface area contributed by atoms with E-state index in [2.05, 4.69) is 22.3 Å². The van der Waals surface area contributed by atoms with Gasteiger partial charge in [-0.1, -0.05) is 12.1 Å². The van der Waals surface area contributed by atoms with E-state index in [4.69, 9.17) is 14.2 Å². The molecule has 166 valence electrons. The van der Waals surface area contributed by atoms with Crippen molar-refractivity contribution in [3.63, 3.8) is 0 Å². The van der Waals surface area contributed by atoms with Crippen LogP contribution in [0.3, 0.4) is 0 Å². The Bertz CT molecular complexity index is 864. The monoisotopic (exact) mass is 424 g/mol. The second-order valence-electron chi connectivity index (χ2n) is 8.57. The van der Waals surface area contributed by atoms with Gasteiger partial charge in [0.25, 0.3) is 0 Å². The first-order valence-electron chi connectivity index (χ1n) is 11.1. The van der Waals surface area contributed by atoms with Crippen LogP contribution in [0, 0.1) is 5.92 Å². The normalized spacial score (nSPS) is 21.6. The number of anilines is 1. The molecular formula is C25H32N2O4. The summed E-state index contributed by atoms with van der Waals surface area (Å²) in [5, 5.41) is 2.90. The molecule has 2 fully saturated rings. The first-order chi connectivity index (χ1) is 15.0. The van der Waals surface area contributed by atoms with Crippen LogP contribution in [0.1, 0.15) is 38.3 Å². The van der Waals surface area contributed by atoms with Gasteiger partial charge in [-0.25, -0.2) is 0 Å². The van der Waals surface area contributed by atoms with Gasteiger partial charge in [0.05, 0.1) is 19.2 Å². The molecule has 0 radical (unpaired) electrons. The molecule has 2 aromatic rings. The number of hydrogen-bond donors (Lipinski definition) is 1. The quantitative estimate of drug-likeness (QED) is 0.660. The number of nitrogens with zero attached hydrogens (tertiary/aromatic N) is 1. The van der Waals surface area contributed by atoms with Gasteiger partial charge in [0.1, 0.15) is 23.7 Å². The maximum atomic E-state index is 11.3. The minimum atomic E-state index is -0.0607.